The largest absolute Gasteiger partial charge is 0.496 e. The molecule has 0 saturated carbocycles. The van der Waals surface area contributed by atoms with Gasteiger partial charge >= 0.3 is 5.97 Å². The molecule has 0 aliphatic carbocycles. The number of carbonyl (C=O) groups is 4. The Morgan fingerprint density at radius 1 is 0.946 bits per heavy atom. The van der Waals surface area contributed by atoms with Crippen LogP contribution in [0.1, 0.15) is 38.8 Å². The third-order valence-electron chi connectivity index (χ3n) is 5.51. The number of nitrogens with zero attached hydrogens (tertiary/aromatic N) is 1. The smallest absolute Gasteiger partial charge is 0.338 e. The Balaban J connectivity index is 1.39. The second kappa shape index (κ2) is 11.6. The van der Waals surface area contributed by atoms with Gasteiger partial charge in [0.25, 0.3) is 17.1 Å². The zero-order valence-corrected chi connectivity index (χ0v) is 21.0. The highest BCUT2D eigenvalue weighted by Crippen LogP contribution is 2.34. The number of imide groups is 1. The molecule has 3 aromatic rings. The van der Waals surface area contributed by atoms with Gasteiger partial charge in [-0.05, 0) is 72.8 Å². The maximum Gasteiger partial charge on any atom is 0.338 e. The summed E-state index contributed by atoms with van der Waals surface area (Å²) in [5.41, 5.74) is 2.75. The number of amides is 3. The summed E-state index contributed by atoms with van der Waals surface area (Å²) in [5, 5.41) is 2.41. The number of carbonyl (C=O) groups excluding carboxylic acids is 4. The Morgan fingerprint density at radius 3 is 2.30 bits per heavy atom. The predicted molar refractivity (Wildman–Crippen MR) is 141 cm³/mol. The van der Waals surface area contributed by atoms with Crippen molar-refractivity contribution in [2.75, 3.05) is 19.0 Å². The fourth-order valence-corrected chi connectivity index (χ4v) is 4.44. The van der Waals surface area contributed by atoms with Crippen molar-refractivity contribution in [1.82, 2.24) is 4.90 Å². The second-order valence-electron chi connectivity index (χ2n) is 7.96. The zero-order valence-electron chi connectivity index (χ0n) is 20.2. The summed E-state index contributed by atoms with van der Waals surface area (Å²) >= 11 is 0.880. The van der Waals surface area contributed by atoms with Gasteiger partial charge in [0.2, 0.25) is 0 Å². The van der Waals surface area contributed by atoms with Gasteiger partial charge in [-0.15, -0.1) is 0 Å². The fraction of sp³-hybridized carbons (Fsp3) is 0.143. The highest BCUT2D eigenvalue weighted by atomic mass is 32.2. The summed E-state index contributed by atoms with van der Waals surface area (Å²) < 4.78 is 10.3. The monoisotopic (exact) mass is 516 g/mol. The molecule has 4 rings (SSSR count). The van der Waals surface area contributed by atoms with Crippen LogP contribution in [-0.2, 0) is 16.1 Å². The Kier molecular flexibility index (Phi) is 8.05. The van der Waals surface area contributed by atoms with Gasteiger partial charge in [-0.3, -0.25) is 19.3 Å². The molecule has 0 aromatic heterocycles. The molecule has 188 valence electrons. The van der Waals surface area contributed by atoms with Crippen LogP contribution in [0.3, 0.4) is 0 Å². The van der Waals surface area contributed by atoms with Crippen LogP contribution in [0.15, 0.2) is 77.7 Å². The van der Waals surface area contributed by atoms with Gasteiger partial charge in [0.05, 0.1) is 30.7 Å². The molecule has 8 nitrogen and oxygen atoms in total. The Morgan fingerprint density at radius 2 is 1.62 bits per heavy atom. The van der Waals surface area contributed by atoms with Crippen LogP contribution in [-0.4, -0.2) is 41.6 Å². The van der Waals surface area contributed by atoms with Crippen LogP contribution < -0.4 is 10.1 Å². The standard InChI is InChI=1S/C28H24N2O6S/c1-3-36-27(33)20-12-14-22(15-13-20)29-25(31)19-10-8-18(9-11-19)17-30-26(32)24(37-28(30)34)16-21-6-4-5-7-23(21)35-2/h4-16H,3,17H2,1-2H3,(H,29,31)/b24-16-. The molecule has 0 radical (unpaired) electrons. The minimum absolute atomic E-state index is 0.0884. The fourth-order valence-electron chi connectivity index (χ4n) is 3.61. The maximum atomic E-state index is 12.9. The van der Waals surface area contributed by atoms with Gasteiger partial charge in [0.15, 0.2) is 0 Å². The van der Waals surface area contributed by atoms with Gasteiger partial charge in [0.1, 0.15) is 5.75 Å². The van der Waals surface area contributed by atoms with E-state index in [1.54, 1.807) is 74.7 Å². The zero-order chi connectivity index (χ0) is 26.4. The molecule has 0 bridgehead atoms. The number of ether oxygens (including phenoxy) is 2. The van der Waals surface area contributed by atoms with Gasteiger partial charge in [-0.1, -0.05) is 30.3 Å². The molecule has 1 aliphatic rings. The Bertz CT molecular complexity index is 1370. The summed E-state index contributed by atoms with van der Waals surface area (Å²) in [4.78, 5) is 51.3. The van der Waals surface area contributed by atoms with Crippen molar-refractivity contribution in [3.05, 3.63) is 100.0 Å². The lowest BCUT2D eigenvalue weighted by atomic mass is 10.1. The second-order valence-corrected chi connectivity index (χ2v) is 8.95. The molecule has 3 aromatic carbocycles. The van der Waals surface area contributed by atoms with Gasteiger partial charge in [-0.2, -0.15) is 0 Å². The summed E-state index contributed by atoms with van der Waals surface area (Å²) in [7, 11) is 1.55. The number of esters is 1. The normalized spacial score (nSPS) is 14.1. The molecule has 3 amide bonds. The number of hydrogen-bond acceptors (Lipinski definition) is 7. The molecule has 1 saturated heterocycles. The van der Waals surface area contributed by atoms with Gasteiger partial charge < -0.3 is 14.8 Å². The first-order chi connectivity index (χ1) is 17.9. The predicted octanol–water partition coefficient (Wildman–Crippen LogP) is 5.36. The summed E-state index contributed by atoms with van der Waals surface area (Å²) in [6.07, 6.45) is 1.65. The number of thioether (sulfide) groups is 1. The van der Waals surface area contributed by atoms with Crippen molar-refractivity contribution in [3.8, 4) is 5.75 Å². The number of methoxy groups -OCH3 is 1. The summed E-state index contributed by atoms with van der Waals surface area (Å²) in [5.74, 6) is -0.528. The van der Waals surface area contributed by atoms with E-state index in [-0.39, 0.29) is 30.2 Å². The number of para-hydroxylation sites is 1. The molecule has 1 fully saturated rings. The molecule has 1 heterocycles. The maximum absolute atomic E-state index is 12.9. The third-order valence-corrected chi connectivity index (χ3v) is 6.42. The number of rotatable bonds is 8. The molecular weight excluding hydrogens is 492 g/mol. The van der Waals surface area contributed by atoms with Crippen molar-refractivity contribution in [1.29, 1.82) is 0 Å². The number of hydrogen-bond donors (Lipinski definition) is 1. The van der Waals surface area contributed by atoms with Crippen molar-refractivity contribution >= 4 is 46.5 Å². The molecule has 1 N–H and O–H groups in total. The van der Waals surface area contributed by atoms with Crippen LogP contribution in [0.5, 0.6) is 5.75 Å². The summed E-state index contributed by atoms with van der Waals surface area (Å²) in [6.45, 7) is 2.10. The third kappa shape index (κ3) is 6.07. The SMILES string of the molecule is CCOC(=O)c1ccc(NC(=O)c2ccc(CN3C(=O)S/C(=C\c4ccccc4OC)C3=O)cc2)cc1. The first-order valence-electron chi connectivity index (χ1n) is 11.5. The van der Waals surface area contributed by atoms with Gasteiger partial charge in [0, 0.05) is 16.8 Å². The molecular formula is C28H24N2O6S. The molecule has 9 heteroatoms. The molecule has 0 unspecified atom stereocenters. The van der Waals surface area contributed by atoms with E-state index in [2.05, 4.69) is 5.32 Å². The van der Waals surface area contributed by atoms with Crippen molar-refractivity contribution in [2.24, 2.45) is 0 Å². The number of benzene rings is 3. The number of anilines is 1. The van der Waals surface area contributed by atoms with Crippen LogP contribution in [0.4, 0.5) is 10.5 Å². The summed E-state index contributed by atoms with van der Waals surface area (Å²) in [6, 6.07) is 20.3. The highest BCUT2D eigenvalue weighted by Gasteiger charge is 2.35. The average molecular weight is 517 g/mol. The molecule has 37 heavy (non-hydrogen) atoms. The minimum atomic E-state index is -0.424. The van der Waals surface area contributed by atoms with E-state index >= 15 is 0 Å². The topological polar surface area (TPSA) is 102 Å². The van der Waals surface area contributed by atoms with E-state index in [0.29, 0.717) is 38.6 Å². The van der Waals surface area contributed by atoms with Crippen molar-refractivity contribution in [3.63, 3.8) is 0 Å². The van der Waals surface area contributed by atoms with E-state index in [1.807, 2.05) is 18.2 Å². The average Bonchev–Trinajstić information content (AvgIpc) is 3.17. The quantitative estimate of drug-likeness (QED) is 0.318. The van der Waals surface area contributed by atoms with E-state index in [4.69, 9.17) is 9.47 Å². The van der Waals surface area contributed by atoms with E-state index < -0.39 is 5.97 Å². The van der Waals surface area contributed by atoms with E-state index in [1.165, 1.54) is 4.90 Å². The number of nitrogens with one attached hydrogen (secondary N) is 1. The van der Waals surface area contributed by atoms with Crippen LogP contribution >= 0.6 is 11.8 Å². The first-order valence-corrected chi connectivity index (χ1v) is 12.3. The molecule has 0 spiro atoms. The van der Waals surface area contributed by atoms with Gasteiger partial charge in [-0.25, -0.2) is 4.79 Å². The van der Waals surface area contributed by atoms with Crippen LogP contribution in [0.25, 0.3) is 6.08 Å². The lowest BCUT2D eigenvalue weighted by Crippen LogP contribution is -2.27. The van der Waals surface area contributed by atoms with E-state index in [9.17, 15) is 19.2 Å². The van der Waals surface area contributed by atoms with Crippen LogP contribution in [0, 0.1) is 0 Å². The minimum Gasteiger partial charge on any atom is -0.496 e. The lowest BCUT2D eigenvalue weighted by molar-refractivity contribution is -0.123. The first kappa shape index (κ1) is 25.7. The van der Waals surface area contributed by atoms with E-state index in [0.717, 1.165) is 11.8 Å². The van der Waals surface area contributed by atoms with Crippen molar-refractivity contribution in [2.45, 2.75) is 13.5 Å². The molecule has 1 aliphatic heterocycles. The molecule has 0 atom stereocenters. The Labute approximate surface area is 218 Å². The Hall–Kier alpha value is -4.37. The van der Waals surface area contributed by atoms with Crippen LogP contribution in [0.2, 0.25) is 0 Å². The highest BCUT2D eigenvalue weighted by molar-refractivity contribution is 8.18. The van der Waals surface area contributed by atoms with Crippen molar-refractivity contribution < 1.29 is 28.7 Å². The lowest BCUT2D eigenvalue weighted by Gasteiger charge is -2.13.